The third kappa shape index (κ3) is 3.20. The molecule has 4 heteroatoms. The molecule has 0 aliphatic carbocycles. The molecule has 1 unspecified atom stereocenters. The highest BCUT2D eigenvalue weighted by Gasteiger charge is 2.13. The molecule has 20 heavy (non-hydrogen) atoms. The van der Waals surface area contributed by atoms with Gasteiger partial charge in [-0.1, -0.05) is 23.8 Å². The van der Waals surface area contributed by atoms with Crippen LogP contribution < -0.4 is 5.32 Å². The van der Waals surface area contributed by atoms with Crippen molar-refractivity contribution >= 4 is 5.91 Å². The average Bonchev–Trinajstić information content (AvgIpc) is 2.42. The molecular weight excluding hydrogens is 255 g/mol. The minimum atomic E-state index is -0.593. The number of benzene rings is 1. The van der Waals surface area contributed by atoms with E-state index in [2.05, 4.69) is 16.4 Å². The number of carbonyl (C=O) groups is 1. The van der Waals surface area contributed by atoms with Crippen molar-refractivity contribution in [1.82, 2.24) is 10.3 Å². The molecule has 104 valence electrons. The molecule has 0 saturated carbocycles. The number of nitrogens with zero attached hydrogens (tertiary/aromatic N) is 1. The second-order valence-corrected chi connectivity index (χ2v) is 4.92. The van der Waals surface area contributed by atoms with Crippen molar-refractivity contribution in [2.24, 2.45) is 0 Å². The molecule has 2 rings (SSSR count). The van der Waals surface area contributed by atoms with Crippen molar-refractivity contribution in [1.29, 1.82) is 0 Å². The molecule has 0 radical (unpaired) electrons. The molecule has 0 aliphatic rings. The lowest BCUT2D eigenvalue weighted by Gasteiger charge is -2.17. The van der Waals surface area contributed by atoms with Crippen LogP contribution in [0.4, 0.5) is 4.39 Å². The van der Waals surface area contributed by atoms with Gasteiger partial charge in [0.15, 0.2) is 0 Å². The summed E-state index contributed by atoms with van der Waals surface area (Å²) in [5, 5.41) is 2.90. The Morgan fingerprint density at radius 3 is 2.65 bits per heavy atom. The molecular formula is C16H17FN2O. The summed E-state index contributed by atoms with van der Waals surface area (Å²) in [7, 11) is 0. The van der Waals surface area contributed by atoms with E-state index in [1.807, 2.05) is 32.9 Å². The summed E-state index contributed by atoms with van der Waals surface area (Å²) in [5.74, 6) is -0.852. The molecule has 0 saturated heterocycles. The van der Waals surface area contributed by atoms with Gasteiger partial charge in [-0.2, -0.15) is 4.39 Å². The van der Waals surface area contributed by atoms with Crippen LogP contribution in [0.3, 0.4) is 0 Å². The van der Waals surface area contributed by atoms with Crippen LogP contribution in [-0.2, 0) is 0 Å². The number of aromatic nitrogens is 1. The number of hydrogen-bond acceptors (Lipinski definition) is 2. The first-order valence-corrected chi connectivity index (χ1v) is 6.47. The van der Waals surface area contributed by atoms with Crippen molar-refractivity contribution in [3.63, 3.8) is 0 Å². The highest BCUT2D eigenvalue weighted by molar-refractivity contribution is 5.94. The van der Waals surface area contributed by atoms with E-state index in [0.29, 0.717) is 5.56 Å². The van der Waals surface area contributed by atoms with E-state index in [1.54, 1.807) is 0 Å². The predicted molar refractivity (Wildman–Crippen MR) is 76.0 cm³/mol. The topological polar surface area (TPSA) is 42.0 Å². The number of carbonyl (C=O) groups excluding carboxylic acids is 1. The van der Waals surface area contributed by atoms with Crippen LogP contribution in [0.25, 0.3) is 0 Å². The minimum absolute atomic E-state index is 0.118. The van der Waals surface area contributed by atoms with E-state index in [4.69, 9.17) is 0 Å². The fourth-order valence-corrected chi connectivity index (χ4v) is 2.09. The van der Waals surface area contributed by atoms with Crippen LogP contribution in [0.15, 0.2) is 36.5 Å². The zero-order valence-corrected chi connectivity index (χ0v) is 11.8. The molecule has 0 aliphatic heterocycles. The van der Waals surface area contributed by atoms with Crippen LogP contribution in [0.2, 0.25) is 0 Å². The van der Waals surface area contributed by atoms with Crippen molar-refractivity contribution in [2.45, 2.75) is 26.8 Å². The van der Waals surface area contributed by atoms with Crippen molar-refractivity contribution in [3.05, 3.63) is 64.7 Å². The monoisotopic (exact) mass is 272 g/mol. The number of amides is 1. The lowest BCUT2D eigenvalue weighted by molar-refractivity contribution is 0.0939. The molecule has 1 N–H and O–H groups in total. The van der Waals surface area contributed by atoms with E-state index in [-0.39, 0.29) is 11.9 Å². The Balaban J connectivity index is 2.15. The second kappa shape index (κ2) is 5.82. The fourth-order valence-electron chi connectivity index (χ4n) is 2.09. The zero-order valence-electron chi connectivity index (χ0n) is 11.8. The second-order valence-electron chi connectivity index (χ2n) is 4.92. The molecule has 1 atom stereocenters. The molecule has 1 aromatic carbocycles. The predicted octanol–water partition coefficient (Wildman–Crippen LogP) is 3.33. The summed E-state index contributed by atoms with van der Waals surface area (Å²) >= 11 is 0. The number of nitrogens with one attached hydrogen (secondary N) is 1. The quantitative estimate of drug-likeness (QED) is 0.871. The average molecular weight is 272 g/mol. The lowest BCUT2D eigenvalue weighted by atomic mass is 10.00. The van der Waals surface area contributed by atoms with E-state index in [0.717, 1.165) is 16.7 Å². The maximum Gasteiger partial charge on any atom is 0.253 e. The third-order valence-electron chi connectivity index (χ3n) is 3.24. The van der Waals surface area contributed by atoms with Gasteiger partial charge in [0, 0.05) is 6.20 Å². The van der Waals surface area contributed by atoms with E-state index >= 15 is 0 Å². The Morgan fingerprint density at radius 1 is 1.25 bits per heavy atom. The number of halogens is 1. The first-order chi connectivity index (χ1) is 9.47. The van der Waals surface area contributed by atoms with Gasteiger partial charge >= 0.3 is 0 Å². The highest BCUT2D eigenvalue weighted by atomic mass is 19.1. The summed E-state index contributed by atoms with van der Waals surface area (Å²) in [5.41, 5.74) is 3.70. The van der Waals surface area contributed by atoms with Crippen LogP contribution in [0, 0.1) is 19.8 Å². The molecule has 1 amide bonds. The first-order valence-electron chi connectivity index (χ1n) is 6.47. The Labute approximate surface area is 117 Å². The van der Waals surface area contributed by atoms with Crippen molar-refractivity contribution < 1.29 is 9.18 Å². The maximum absolute atomic E-state index is 12.7. The minimum Gasteiger partial charge on any atom is -0.345 e. The number of rotatable bonds is 3. The van der Waals surface area contributed by atoms with Gasteiger partial charge in [0.05, 0.1) is 11.6 Å². The van der Waals surface area contributed by atoms with Gasteiger partial charge in [-0.25, -0.2) is 4.98 Å². The smallest absolute Gasteiger partial charge is 0.253 e. The van der Waals surface area contributed by atoms with Crippen LogP contribution in [0.1, 0.15) is 40.0 Å². The molecule has 0 spiro atoms. The maximum atomic E-state index is 12.7. The van der Waals surface area contributed by atoms with E-state index in [1.165, 1.54) is 18.3 Å². The van der Waals surface area contributed by atoms with Gasteiger partial charge < -0.3 is 5.32 Å². The largest absolute Gasteiger partial charge is 0.345 e. The number of pyridine rings is 1. The Hall–Kier alpha value is -2.23. The van der Waals surface area contributed by atoms with Crippen molar-refractivity contribution in [2.75, 3.05) is 0 Å². The van der Waals surface area contributed by atoms with Gasteiger partial charge in [-0.3, -0.25) is 4.79 Å². The molecule has 3 nitrogen and oxygen atoms in total. The Bertz CT molecular complexity index is 623. The van der Waals surface area contributed by atoms with Crippen LogP contribution in [0.5, 0.6) is 0 Å². The summed E-state index contributed by atoms with van der Waals surface area (Å²) in [6.07, 6.45) is 1.24. The van der Waals surface area contributed by atoms with Gasteiger partial charge in [-0.15, -0.1) is 0 Å². The summed E-state index contributed by atoms with van der Waals surface area (Å²) in [4.78, 5) is 15.5. The Morgan fingerprint density at radius 2 is 2.00 bits per heavy atom. The first kappa shape index (κ1) is 14.2. The summed E-state index contributed by atoms with van der Waals surface area (Å²) in [6, 6.07) is 8.62. The molecule has 0 fully saturated rings. The third-order valence-corrected chi connectivity index (χ3v) is 3.24. The standard InChI is InChI=1S/C16H17FN2O/c1-10-4-5-11(2)14(8-10)12(3)19-16(20)13-6-7-15(17)18-9-13/h4-9,12H,1-3H3,(H,19,20). The van der Waals surface area contributed by atoms with E-state index in [9.17, 15) is 9.18 Å². The highest BCUT2D eigenvalue weighted by Crippen LogP contribution is 2.19. The van der Waals surface area contributed by atoms with Gasteiger partial charge in [-0.05, 0) is 44.0 Å². The van der Waals surface area contributed by atoms with Crippen LogP contribution in [-0.4, -0.2) is 10.9 Å². The Kier molecular flexibility index (Phi) is 4.13. The fraction of sp³-hybridized carbons (Fsp3) is 0.250. The van der Waals surface area contributed by atoms with Crippen molar-refractivity contribution in [3.8, 4) is 0 Å². The SMILES string of the molecule is Cc1ccc(C)c(C(C)NC(=O)c2ccc(F)nc2)c1. The van der Waals surface area contributed by atoms with Crippen LogP contribution >= 0.6 is 0 Å². The van der Waals surface area contributed by atoms with E-state index < -0.39 is 5.95 Å². The lowest BCUT2D eigenvalue weighted by Crippen LogP contribution is -2.27. The van der Waals surface area contributed by atoms with Gasteiger partial charge in [0.25, 0.3) is 5.91 Å². The molecule has 2 aromatic rings. The number of hydrogen-bond donors (Lipinski definition) is 1. The van der Waals surface area contributed by atoms with Gasteiger partial charge in [0.1, 0.15) is 0 Å². The normalized spacial score (nSPS) is 12.0. The summed E-state index contributed by atoms with van der Waals surface area (Å²) in [6.45, 7) is 5.95. The van der Waals surface area contributed by atoms with Gasteiger partial charge in [0.2, 0.25) is 5.95 Å². The summed E-state index contributed by atoms with van der Waals surface area (Å²) < 4.78 is 12.7. The number of aryl methyl sites for hydroxylation is 2. The zero-order chi connectivity index (χ0) is 14.7. The molecule has 0 bridgehead atoms. The molecule has 1 heterocycles. The molecule has 1 aromatic heterocycles.